The standard InChI is InChI=1S/C12H18N2O3S/c1-8(15)5-6-9-7-14(12(2,3)4)18-10(9)13-11(16)17/h7H,5-6H2,1-4H3,(H,16,17)/b13-10-. The van der Waals surface area contributed by atoms with Crippen molar-refractivity contribution in [2.24, 2.45) is 4.99 Å². The molecule has 1 heterocycles. The first-order valence-corrected chi connectivity index (χ1v) is 6.47. The van der Waals surface area contributed by atoms with E-state index in [0.717, 1.165) is 5.56 Å². The van der Waals surface area contributed by atoms with Crippen molar-refractivity contribution in [3.63, 3.8) is 0 Å². The quantitative estimate of drug-likeness (QED) is 0.916. The topological polar surface area (TPSA) is 71.7 Å². The molecule has 0 aromatic carbocycles. The second-order valence-electron chi connectivity index (χ2n) is 5.14. The van der Waals surface area contributed by atoms with Gasteiger partial charge in [0.2, 0.25) is 0 Å². The normalized spacial score (nSPS) is 12.8. The van der Waals surface area contributed by atoms with Gasteiger partial charge in [0.1, 0.15) is 10.5 Å². The van der Waals surface area contributed by atoms with Crippen LogP contribution in [-0.2, 0) is 16.8 Å². The lowest BCUT2D eigenvalue weighted by molar-refractivity contribution is -0.116. The van der Waals surface area contributed by atoms with Crippen LogP contribution in [0.3, 0.4) is 0 Å². The first-order chi connectivity index (χ1) is 8.20. The number of hydrogen-bond acceptors (Lipinski definition) is 3. The van der Waals surface area contributed by atoms with Gasteiger partial charge in [0, 0.05) is 23.7 Å². The van der Waals surface area contributed by atoms with Crippen LogP contribution >= 0.6 is 11.5 Å². The maximum atomic E-state index is 11.0. The van der Waals surface area contributed by atoms with Gasteiger partial charge in [-0.2, -0.15) is 4.99 Å². The Morgan fingerprint density at radius 3 is 2.50 bits per heavy atom. The molecule has 6 heteroatoms. The summed E-state index contributed by atoms with van der Waals surface area (Å²) >= 11 is 1.30. The van der Waals surface area contributed by atoms with Crippen LogP contribution in [-0.4, -0.2) is 20.9 Å². The maximum absolute atomic E-state index is 11.0. The molecular formula is C12H18N2O3S. The summed E-state index contributed by atoms with van der Waals surface area (Å²) in [6.07, 6.45) is 1.61. The van der Waals surface area contributed by atoms with E-state index in [2.05, 4.69) is 4.99 Å². The van der Waals surface area contributed by atoms with Crippen LogP contribution in [0.2, 0.25) is 0 Å². The molecule has 18 heavy (non-hydrogen) atoms. The maximum Gasteiger partial charge on any atom is 0.432 e. The molecule has 0 spiro atoms. The number of carbonyl (C=O) groups excluding carboxylic acids is 1. The molecule has 0 unspecified atom stereocenters. The minimum absolute atomic E-state index is 0.0878. The Hall–Kier alpha value is -1.43. The molecule has 0 saturated heterocycles. The number of nitrogens with zero attached hydrogens (tertiary/aromatic N) is 2. The zero-order valence-electron chi connectivity index (χ0n) is 11.1. The average Bonchev–Trinajstić information content (AvgIpc) is 2.56. The van der Waals surface area contributed by atoms with Crippen molar-refractivity contribution in [1.29, 1.82) is 0 Å². The SMILES string of the molecule is CC(=O)CCc1cn(C(C)(C)C)s/c1=N\C(=O)O. The number of Topliss-reactive ketones (excluding diaryl/α,β-unsaturated/α-hetero) is 1. The molecule has 0 bridgehead atoms. The van der Waals surface area contributed by atoms with Crippen molar-refractivity contribution in [1.82, 2.24) is 3.96 Å². The van der Waals surface area contributed by atoms with Crippen LogP contribution in [0.4, 0.5) is 4.79 Å². The summed E-state index contributed by atoms with van der Waals surface area (Å²) in [5, 5.41) is 8.74. The van der Waals surface area contributed by atoms with Gasteiger partial charge in [0.25, 0.3) is 0 Å². The lowest BCUT2D eigenvalue weighted by Crippen LogP contribution is -2.18. The number of aromatic nitrogens is 1. The van der Waals surface area contributed by atoms with Crippen molar-refractivity contribution in [3.8, 4) is 0 Å². The van der Waals surface area contributed by atoms with Crippen LogP contribution in [0.15, 0.2) is 11.2 Å². The fourth-order valence-electron chi connectivity index (χ4n) is 1.37. The summed E-state index contributed by atoms with van der Waals surface area (Å²) in [4.78, 5) is 25.3. The van der Waals surface area contributed by atoms with Gasteiger partial charge in [-0.15, -0.1) is 0 Å². The minimum atomic E-state index is -1.21. The van der Waals surface area contributed by atoms with E-state index < -0.39 is 6.09 Å². The lowest BCUT2D eigenvalue weighted by Gasteiger charge is -2.19. The van der Waals surface area contributed by atoms with E-state index >= 15 is 0 Å². The molecule has 1 aromatic rings. The van der Waals surface area contributed by atoms with Crippen LogP contribution in [0, 0.1) is 0 Å². The van der Waals surface area contributed by atoms with Gasteiger partial charge in [0.05, 0.1) is 0 Å². The Bertz CT molecular complexity index is 520. The monoisotopic (exact) mass is 270 g/mol. The van der Waals surface area contributed by atoms with Crippen molar-refractivity contribution >= 4 is 23.4 Å². The molecule has 1 N–H and O–H groups in total. The fourth-order valence-corrected chi connectivity index (χ4v) is 2.40. The molecule has 0 aliphatic carbocycles. The lowest BCUT2D eigenvalue weighted by atomic mass is 10.1. The highest BCUT2D eigenvalue weighted by molar-refractivity contribution is 7.04. The molecule has 1 aromatic heterocycles. The first kappa shape index (κ1) is 14.6. The molecule has 0 radical (unpaired) electrons. The van der Waals surface area contributed by atoms with Crippen LogP contribution in [0.25, 0.3) is 0 Å². The summed E-state index contributed by atoms with van der Waals surface area (Å²) in [7, 11) is 0. The second-order valence-corrected chi connectivity index (χ2v) is 6.11. The van der Waals surface area contributed by atoms with Gasteiger partial charge in [0.15, 0.2) is 0 Å². The van der Waals surface area contributed by atoms with E-state index in [0.29, 0.717) is 17.5 Å². The van der Waals surface area contributed by atoms with E-state index in [-0.39, 0.29) is 11.3 Å². The number of ketones is 1. The predicted molar refractivity (Wildman–Crippen MR) is 69.9 cm³/mol. The summed E-state index contributed by atoms with van der Waals surface area (Å²) in [6.45, 7) is 7.62. The number of carbonyl (C=O) groups is 2. The summed E-state index contributed by atoms with van der Waals surface area (Å²) in [5.41, 5.74) is 0.689. The summed E-state index contributed by atoms with van der Waals surface area (Å²) < 4.78 is 2.43. The van der Waals surface area contributed by atoms with E-state index in [1.54, 1.807) is 0 Å². The van der Waals surface area contributed by atoms with E-state index in [1.165, 1.54) is 18.5 Å². The van der Waals surface area contributed by atoms with Gasteiger partial charge >= 0.3 is 6.09 Å². The van der Waals surface area contributed by atoms with E-state index in [4.69, 9.17) is 5.11 Å². The highest BCUT2D eigenvalue weighted by atomic mass is 32.1. The largest absolute Gasteiger partial charge is 0.463 e. The molecule has 0 atom stereocenters. The first-order valence-electron chi connectivity index (χ1n) is 5.69. The van der Waals surface area contributed by atoms with Gasteiger partial charge in [-0.3, -0.25) is 3.96 Å². The zero-order valence-corrected chi connectivity index (χ0v) is 11.9. The molecule has 0 saturated carbocycles. The van der Waals surface area contributed by atoms with Gasteiger partial charge in [-0.25, -0.2) is 4.79 Å². The third-order valence-corrected chi connectivity index (χ3v) is 3.71. The van der Waals surface area contributed by atoms with Crippen molar-refractivity contribution in [3.05, 3.63) is 16.4 Å². The van der Waals surface area contributed by atoms with Crippen molar-refractivity contribution in [2.45, 2.75) is 46.1 Å². The molecule has 0 fully saturated rings. The van der Waals surface area contributed by atoms with Gasteiger partial charge in [-0.05, 0) is 45.6 Å². The van der Waals surface area contributed by atoms with E-state index in [9.17, 15) is 9.59 Å². The van der Waals surface area contributed by atoms with E-state index in [1.807, 2.05) is 30.9 Å². The van der Waals surface area contributed by atoms with Crippen LogP contribution in [0.1, 0.15) is 39.7 Å². The fraction of sp³-hybridized carbons (Fsp3) is 0.583. The van der Waals surface area contributed by atoms with Crippen LogP contribution < -0.4 is 4.67 Å². The Morgan fingerprint density at radius 2 is 2.06 bits per heavy atom. The number of aryl methyl sites for hydroxylation is 1. The smallest absolute Gasteiger partial charge is 0.432 e. The molecule has 1 amide bonds. The van der Waals surface area contributed by atoms with Gasteiger partial charge < -0.3 is 9.90 Å². The number of carboxylic acid groups (broad SMARTS) is 1. The van der Waals surface area contributed by atoms with Crippen molar-refractivity contribution in [2.75, 3.05) is 0 Å². The second kappa shape index (κ2) is 5.48. The summed E-state index contributed by atoms with van der Waals surface area (Å²) in [5.74, 6) is 0.0878. The van der Waals surface area contributed by atoms with Crippen LogP contribution in [0.5, 0.6) is 0 Å². The molecule has 0 aliphatic heterocycles. The van der Waals surface area contributed by atoms with Crippen molar-refractivity contribution < 1.29 is 14.7 Å². The minimum Gasteiger partial charge on any atom is -0.463 e. The molecule has 0 aliphatic rings. The Morgan fingerprint density at radius 1 is 1.44 bits per heavy atom. The predicted octanol–water partition coefficient (Wildman–Crippen LogP) is 2.40. The third-order valence-electron chi connectivity index (χ3n) is 2.34. The number of hydrogen-bond donors (Lipinski definition) is 1. The highest BCUT2D eigenvalue weighted by Gasteiger charge is 2.16. The molecule has 100 valence electrons. The third kappa shape index (κ3) is 4.10. The number of amides is 1. The molecular weight excluding hydrogens is 252 g/mol. The Balaban J connectivity index is 3.17. The average molecular weight is 270 g/mol. The number of rotatable bonds is 3. The Labute approximate surface area is 110 Å². The summed E-state index contributed by atoms with van der Waals surface area (Å²) in [6, 6.07) is 0. The zero-order chi connectivity index (χ0) is 13.9. The molecule has 1 rings (SSSR count). The van der Waals surface area contributed by atoms with Gasteiger partial charge in [-0.1, -0.05) is 0 Å². The molecule has 5 nitrogen and oxygen atoms in total. The Kier molecular flexibility index (Phi) is 4.45. The highest BCUT2D eigenvalue weighted by Crippen LogP contribution is 2.17.